The van der Waals surface area contributed by atoms with E-state index in [2.05, 4.69) is 10.3 Å². The second kappa shape index (κ2) is 3.72. The van der Waals surface area contributed by atoms with Crippen LogP contribution >= 0.6 is 0 Å². The molecule has 1 aromatic rings. The van der Waals surface area contributed by atoms with Crippen molar-refractivity contribution in [3.05, 3.63) is 24.0 Å². The minimum Gasteiger partial charge on any atom is -0.478 e. The van der Waals surface area contributed by atoms with E-state index >= 15 is 0 Å². The van der Waals surface area contributed by atoms with Gasteiger partial charge in [-0.2, -0.15) is 0 Å². The number of rotatable bonds is 5. The fourth-order valence-electron chi connectivity index (χ4n) is 2.58. The lowest BCUT2D eigenvalue weighted by Gasteiger charge is -2.16. The molecule has 0 bridgehead atoms. The molecule has 2 fully saturated rings. The van der Waals surface area contributed by atoms with Gasteiger partial charge in [0.15, 0.2) is 0 Å². The summed E-state index contributed by atoms with van der Waals surface area (Å²) in [5.41, 5.74) is 1.43. The second-order valence-corrected chi connectivity index (χ2v) is 5.22. The first-order valence-electron chi connectivity index (χ1n) is 6.12. The molecule has 0 amide bonds. The molecule has 2 saturated carbocycles. The van der Waals surface area contributed by atoms with Crippen molar-refractivity contribution < 1.29 is 9.90 Å². The van der Waals surface area contributed by atoms with Crippen molar-refractivity contribution >= 4 is 11.7 Å². The van der Waals surface area contributed by atoms with Crippen LogP contribution in [0.1, 0.15) is 36.0 Å². The highest BCUT2D eigenvalue weighted by Gasteiger charge is 2.53. The summed E-state index contributed by atoms with van der Waals surface area (Å²) in [6, 6.07) is 1.74. The van der Waals surface area contributed by atoms with Gasteiger partial charge in [0.2, 0.25) is 0 Å². The summed E-state index contributed by atoms with van der Waals surface area (Å²) < 4.78 is 0. The van der Waals surface area contributed by atoms with Crippen molar-refractivity contribution in [2.45, 2.75) is 25.7 Å². The molecule has 4 heteroatoms. The van der Waals surface area contributed by atoms with E-state index in [0.717, 1.165) is 12.5 Å². The van der Waals surface area contributed by atoms with Gasteiger partial charge in [0, 0.05) is 18.9 Å². The number of nitrogens with zero attached hydrogens (tertiary/aromatic N) is 1. The van der Waals surface area contributed by atoms with Gasteiger partial charge in [-0.05, 0) is 43.1 Å². The van der Waals surface area contributed by atoms with Crippen LogP contribution in [0, 0.1) is 11.3 Å². The van der Waals surface area contributed by atoms with E-state index < -0.39 is 5.97 Å². The molecule has 1 aromatic heterocycles. The molecule has 0 aliphatic heterocycles. The number of carboxylic acids is 1. The van der Waals surface area contributed by atoms with Crippen LogP contribution in [0.5, 0.6) is 0 Å². The van der Waals surface area contributed by atoms with Crippen LogP contribution in [0.15, 0.2) is 18.5 Å². The number of aromatic nitrogens is 1. The lowest BCUT2D eigenvalue weighted by molar-refractivity contribution is 0.0697. The number of carbonyl (C=O) groups is 1. The summed E-state index contributed by atoms with van der Waals surface area (Å²) in [7, 11) is 0. The van der Waals surface area contributed by atoms with Crippen molar-refractivity contribution in [2.75, 3.05) is 11.9 Å². The molecule has 2 N–H and O–H groups in total. The maximum absolute atomic E-state index is 11.0. The molecule has 17 heavy (non-hydrogen) atoms. The third-order valence-electron chi connectivity index (χ3n) is 4.02. The van der Waals surface area contributed by atoms with E-state index in [1.807, 2.05) is 0 Å². The van der Waals surface area contributed by atoms with Crippen molar-refractivity contribution in [3.63, 3.8) is 0 Å². The summed E-state index contributed by atoms with van der Waals surface area (Å²) in [5.74, 6) is -0.0398. The molecule has 0 unspecified atom stereocenters. The zero-order chi connectivity index (χ0) is 11.9. The van der Waals surface area contributed by atoms with Crippen LogP contribution in [0.25, 0.3) is 0 Å². The van der Waals surface area contributed by atoms with Crippen LogP contribution in [-0.2, 0) is 0 Å². The van der Waals surface area contributed by atoms with E-state index in [4.69, 9.17) is 5.11 Å². The first kappa shape index (κ1) is 10.6. The zero-order valence-electron chi connectivity index (χ0n) is 9.65. The van der Waals surface area contributed by atoms with Gasteiger partial charge in [0.1, 0.15) is 5.56 Å². The lowest BCUT2D eigenvalue weighted by atomic mass is 10.0. The van der Waals surface area contributed by atoms with Crippen LogP contribution in [0.4, 0.5) is 5.69 Å². The number of hydrogen-bond acceptors (Lipinski definition) is 3. The van der Waals surface area contributed by atoms with E-state index in [0.29, 0.717) is 11.1 Å². The maximum Gasteiger partial charge on any atom is 0.339 e. The molecule has 0 spiro atoms. The highest BCUT2D eigenvalue weighted by atomic mass is 16.4. The van der Waals surface area contributed by atoms with Gasteiger partial charge in [-0.3, -0.25) is 4.98 Å². The molecular weight excluding hydrogens is 216 g/mol. The molecular formula is C13H16N2O2. The number of anilines is 1. The minimum atomic E-state index is -0.920. The van der Waals surface area contributed by atoms with Gasteiger partial charge in [-0.15, -0.1) is 0 Å². The van der Waals surface area contributed by atoms with Crippen LogP contribution in [-0.4, -0.2) is 22.6 Å². The molecule has 90 valence electrons. The van der Waals surface area contributed by atoms with E-state index in [-0.39, 0.29) is 5.56 Å². The summed E-state index contributed by atoms with van der Waals surface area (Å²) in [6.07, 6.45) is 8.32. The Balaban J connectivity index is 1.70. The summed E-state index contributed by atoms with van der Waals surface area (Å²) >= 11 is 0. The first-order valence-corrected chi connectivity index (χ1v) is 6.12. The molecule has 0 atom stereocenters. The quantitative estimate of drug-likeness (QED) is 0.818. The van der Waals surface area contributed by atoms with Crippen molar-refractivity contribution in [1.82, 2.24) is 4.98 Å². The van der Waals surface area contributed by atoms with Gasteiger partial charge in [-0.1, -0.05) is 0 Å². The Hall–Kier alpha value is -1.58. The molecule has 2 aliphatic rings. The summed E-state index contributed by atoms with van der Waals surface area (Å²) in [6.45, 7) is 0.905. The standard InChI is InChI=1S/C13H16N2O2/c16-12(17)10-7-14-6-3-11(10)15-8-13(4-5-13)9-1-2-9/h3,6-7,9H,1-2,4-5,8H2,(H,14,15)(H,16,17). The third kappa shape index (κ3) is 1.99. The Labute approximate surface area is 100 Å². The summed E-state index contributed by atoms with van der Waals surface area (Å²) in [5, 5.41) is 12.4. The van der Waals surface area contributed by atoms with Gasteiger partial charge >= 0.3 is 5.97 Å². The monoisotopic (exact) mass is 232 g/mol. The maximum atomic E-state index is 11.0. The molecule has 4 nitrogen and oxygen atoms in total. The number of nitrogens with one attached hydrogen (secondary N) is 1. The fourth-order valence-corrected chi connectivity index (χ4v) is 2.58. The van der Waals surface area contributed by atoms with Crippen molar-refractivity contribution in [2.24, 2.45) is 11.3 Å². The molecule has 0 saturated heterocycles. The number of hydrogen-bond donors (Lipinski definition) is 2. The third-order valence-corrected chi connectivity index (χ3v) is 4.02. The molecule has 0 radical (unpaired) electrons. The number of pyridine rings is 1. The van der Waals surface area contributed by atoms with Crippen LogP contribution < -0.4 is 5.32 Å². The van der Waals surface area contributed by atoms with Gasteiger partial charge in [0.25, 0.3) is 0 Å². The number of carboxylic acid groups (broad SMARTS) is 1. The average molecular weight is 232 g/mol. The molecule has 2 aliphatic carbocycles. The predicted molar refractivity (Wildman–Crippen MR) is 64.1 cm³/mol. The van der Waals surface area contributed by atoms with Crippen LogP contribution in [0.3, 0.4) is 0 Å². The van der Waals surface area contributed by atoms with Gasteiger partial charge < -0.3 is 10.4 Å². The molecule has 0 aromatic carbocycles. The summed E-state index contributed by atoms with van der Waals surface area (Å²) in [4.78, 5) is 14.9. The Morgan fingerprint density at radius 2 is 2.29 bits per heavy atom. The topological polar surface area (TPSA) is 62.2 Å². The Bertz CT molecular complexity index is 450. The first-order chi connectivity index (χ1) is 8.21. The molecule has 1 heterocycles. The van der Waals surface area contributed by atoms with Gasteiger partial charge in [-0.25, -0.2) is 4.79 Å². The Morgan fingerprint density at radius 3 is 2.88 bits per heavy atom. The SMILES string of the molecule is O=C(O)c1cnccc1NCC1(C2CC2)CC1. The largest absolute Gasteiger partial charge is 0.478 e. The highest BCUT2D eigenvalue weighted by molar-refractivity contribution is 5.93. The van der Waals surface area contributed by atoms with Gasteiger partial charge in [0.05, 0.1) is 5.69 Å². The van der Waals surface area contributed by atoms with E-state index in [1.165, 1.54) is 31.9 Å². The second-order valence-electron chi connectivity index (χ2n) is 5.22. The fraction of sp³-hybridized carbons (Fsp3) is 0.538. The normalized spacial score (nSPS) is 20.9. The van der Waals surface area contributed by atoms with E-state index in [9.17, 15) is 4.79 Å². The van der Waals surface area contributed by atoms with Crippen molar-refractivity contribution in [3.8, 4) is 0 Å². The lowest BCUT2D eigenvalue weighted by Crippen LogP contribution is -2.18. The Kier molecular flexibility index (Phi) is 2.31. The zero-order valence-corrected chi connectivity index (χ0v) is 9.65. The van der Waals surface area contributed by atoms with Crippen LogP contribution in [0.2, 0.25) is 0 Å². The van der Waals surface area contributed by atoms with Crippen molar-refractivity contribution in [1.29, 1.82) is 0 Å². The minimum absolute atomic E-state index is 0.263. The highest BCUT2D eigenvalue weighted by Crippen LogP contribution is 2.61. The van der Waals surface area contributed by atoms with E-state index in [1.54, 1.807) is 12.3 Å². The molecule has 3 rings (SSSR count). The smallest absolute Gasteiger partial charge is 0.339 e. The Morgan fingerprint density at radius 1 is 1.53 bits per heavy atom. The number of aromatic carboxylic acids is 1. The predicted octanol–water partition coefficient (Wildman–Crippen LogP) is 2.38. The average Bonchev–Trinajstić information content (AvgIpc) is 3.17.